The first kappa shape index (κ1) is 19.0. The zero-order valence-corrected chi connectivity index (χ0v) is 15.1. The van der Waals surface area contributed by atoms with Crippen molar-refractivity contribution in [2.24, 2.45) is 5.73 Å². The van der Waals surface area contributed by atoms with Gasteiger partial charge in [0.1, 0.15) is 18.1 Å². The smallest absolute Gasteiger partial charge is 0.262 e. The normalized spacial score (nSPS) is 10.1. The quantitative estimate of drug-likeness (QED) is 0.631. The first-order chi connectivity index (χ1) is 13.6. The van der Waals surface area contributed by atoms with Crippen LogP contribution in [0.3, 0.4) is 0 Å². The van der Waals surface area contributed by atoms with Gasteiger partial charge in [-0.05, 0) is 54.1 Å². The molecule has 6 nitrogen and oxygen atoms in total. The number of amides is 2. The number of hydrogen-bond acceptors (Lipinski definition) is 4. The fourth-order valence-electron chi connectivity index (χ4n) is 2.44. The number of carbonyl (C=O) groups is 2. The average molecular weight is 376 g/mol. The summed E-state index contributed by atoms with van der Waals surface area (Å²) in [5.41, 5.74) is 7.29. The summed E-state index contributed by atoms with van der Waals surface area (Å²) < 4.78 is 11.1. The number of anilines is 1. The molecule has 0 radical (unpaired) electrons. The van der Waals surface area contributed by atoms with Crippen molar-refractivity contribution >= 4 is 17.5 Å². The van der Waals surface area contributed by atoms with Gasteiger partial charge in [0.05, 0.1) is 0 Å². The fourth-order valence-corrected chi connectivity index (χ4v) is 2.44. The number of nitrogens with two attached hydrogens (primary N) is 1. The maximum atomic E-state index is 12.0. The van der Waals surface area contributed by atoms with E-state index in [1.54, 1.807) is 48.5 Å². The third-order valence-electron chi connectivity index (χ3n) is 3.90. The van der Waals surface area contributed by atoms with Crippen LogP contribution in [0.4, 0.5) is 5.69 Å². The predicted octanol–water partition coefficient (Wildman–Crippen LogP) is 3.38. The van der Waals surface area contributed by atoms with Crippen LogP contribution < -0.4 is 20.5 Å². The number of primary amides is 1. The molecule has 3 aromatic rings. The molecule has 0 aromatic heterocycles. The Hall–Kier alpha value is -3.80. The first-order valence-corrected chi connectivity index (χ1v) is 8.69. The maximum absolute atomic E-state index is 12.0. The van der Waals surface area contributed by atoms with Gasteiger partial charge in [-0.2, -0.15) is 0 Å². The Kier molecular flexibility index (Phi) is 6.25. The molecule has 0 spiro atoms. The van der Waals surface area contributed by atoms with Gasteiger partial charge < -0.3 is 20.5 Å². The lowest BCUT2D eigenvalue weighted by Gasteiger charge is -2.09. The van der Waals surface area contributed by atoms with Gasteiger partial charge in [-0.1, -0.05) is 30.3 Å². The van der Waals surface area contributed by atoms with Gasteiger partial charge in [-0.3, -0.25) is 9.59 Å². The van der Waals surface area contributed by atoms with Gasteiger partial charge in [0, 0.05) is 11.3 Å². The first-order valence-electron chi connectivity index (χ1n) is 8.69. The second kappa shape index (κ2) is 9.23. The minimum atomic E-state index is -0.513. The van der Waals surface area contributed by atoms with Crippen LogP contribution in [0.25, 0.3) is 0 Å². The SMILES string of the molecule is NC(=O)c1ccc(OCC(=O)Nc2ccc(OCc3ccccc3)cc2)cc1. The van der Waals surface area contributed by atoms with E-state index in [-0.39, 0.29) is 12.5 Å². The van der Waals surface area contributed by atoms with Gasteiger partial charge in [0.2, 0.25) is 5.91 Å². The molecule has 0 bridgehead atoms. The minimum Gasteiger partial charge on any atom is -0.489 e. The van der Waals surface area contributed by atoms with Gasteiger partial charge in [0.25, 0.3) is 5.91 Å². The van der Waals surface area contributed by atoms with Crippen LogP contribution in [0.15, 0.2) is 78.9 Å². The molecule has 142 valence electrons. The Bertz CT molecular complexity index is 923. The molecule has 0 saturated carbocycles. The van der Waals surface area contributed by atoms with Crippen LogP contribution in [0, 0.1) is 0 Å². The van der Waals surface area contributed by atoms with Crippen LogP contribution in [0.5, 0.6) is 11.5 Å². The highest BCUT2D eigenvalue weighted by atomic mass is 16.5. The molecule has 0 atom stereocenters. The highest BCUT2D eigenvalue weighted by Gasteiger charge is 2.05. The Morgan fingerprint density at radius 1 is 0.786 bits per heavy atom. The molecule has 3 N–H and O–H groups in total. The lowest BCUT2D eigenvalue weighted by atomic mass is 10.2. The molecule has 28 heavy (non-hydrogen) atoms. The number of benzene rings is 3. The van der Waals surface area contributed by atoms with E-state index in [1.165, 1.54) is 0 Å². The van der Waals surface area contributed by atoms with Crippen LogP contribution in [0.2, 0.25) is 0 Å². The van der Waals surface area contributed by atoms with Crippen molar-refractivity contribution in [2.75, 3.05) is 11.9 Å². The van der Waals surface area contributed by atoms with Gasteiger partial charge >= 0.3 is 0 Å². The predicted molar refractivity (Wildman–Crippen MR) is 106 cm³/mol. The van der Waals surface area contributed by atoms with Crippen molar-refractivity contribution in [2.45, 2.75) is 6.61 Å². The molecular formula is C22H20N2O4. The molecule has 0 aliphatic heterocycles. The lowest BCUT2D eigenvalue weighted by Crippen LogP contribution is -2.20. The number of hydrogen-bond donors (Lipinski definition) is 2. The maximum Gasteiger partial charge on any atom is 0.262 e. The monoisotopic (exact) mass is 376 g/mol. The highest BCUT2D eigenvalue weighted by Crippen LogP contribution is 2.17. The van der Waals surface area contributed by atoms with Crippen LogP contribution >= 0.6 is 0 Å². The summed E-state index contributed by atoms with van der Waals surface area (Å²) in [6.45, 7) is 0.330. The van der Waals surface area contributed by atoms with E-state index in [2.05, 4.69) is 5.32 Å². The Balaban J connectivity index is 1.45. The molecule has 0 heterocycles. The van der Waals surface area contributed by atoms with Crippen molar-refractivity contribution < 1.29 is 19.1 Å². The molecule has 3 rings (SSSR count). The summed E-state index contributed by atoms with van der Waals surface area (Å²) in [5.74, 6) is 0.384. The third-order valence-corrected chi connectivity index (χ3v) is 3.90. The lowest BCUT2D eigenvalue weighted by molar-refractivity contribution is -0.118. The fraction of sp³-hybridized carbons (Fsp3) is 0.0909. The molecule has 0 unspecified atom stereocenters. The highest BCUT2D eigenvalue weighted by molar-refractivity contribution is 5.93. The molecular weight excluding hydrogens is 356 g/mol. The van der Waals surface area contributed by atoms with Gasteiger partial charge in [0.15, 0.2) is 6.61 Å². The van der Waals surface area contributed by atoms with Crippen molar-refractivity contribution in [3.05, 3.63) is 90.0 Å². The molecule has 2 amide bonds. The molecule has 0 aliphatic carbocycles. The van der Waals surface area contributed by atoms with Crippen LogP contribution in [-0.2, 0) is 11.4 Å². The number of nitrogens with one attached hydrogen (secondary N) is 1. The second-order valence-electron chi connectivity index (χ2n) is 6.02. The molecule has 3 aromatic carbocycles. The van der Waals surface area contributed by atoms with Gasteiger partial charge in [-0.25, -0.2) is 0 Å². The van der Waals surface area contributed by atoms with E-state index in [9.17, 15) is 9.59 Å². The summed E-state index contributed by atoms with van der Waals surface area (Å²) in [6, 6.07) is 23.3. The van der Waals surface area contributed by atoms with Crippen molar-refractivity contribution in [3.63, 3.8) is 0 Å². The Morgan fingerprint density at radius 3 is 2.04 bits per heavy atom. The Morgan fingerprint density at radius 2 is 1.39 bits per heavy atom. The van der Waals surface area contributed by atoms with E-state index in [4.69, 9.17) is 15.2 Å². The summed E-state index contributed by atoms with van der Waals surface area (Å²) in [6.07, 6.45) is 0. The minimum absolute atomic E-state index is 0.151. The summed E-state index contributed by atoms with van der Waals surface area (Å²) in [5, 5.41) is 2.75. The van der Waals surface area contributed by atoms with Crippen LogP contribution in [-0.4, -0.2) is 18.4 Å². The Labute approximate surface area is 162 Å². The van der Waals surface area contributed by atoms with E-state index in [0.29, 0.717) is 29.4 Å². The molecule has 0 aliphatic rings. The second-order valence-corrected chi connectivity index (χ2v) is 6.02. The van der Waals surface area contributed by atoms with Crippen molar-refractivity contribution in [3.8, 4) is 11.5 Å². The zero-order valence-electron chi connectivity index (χ0n) is 15.1. The van der Waals surface area contributed by atoms with E-state index in [1.807, 2.05) is 30.3 Å². The van der Waals surface area contributed by atoms with Crippen LogP contribution in [0.1, 0.15) is 15.9 Å². The van der Waals surface area contributed by atoms with Gasteiger partial charge in [-0.15, -0.1) is 0 Å². The zero-order chi connectivity index (χ0) is 19.8. The topological polar surface area (TPSA) is 90.7 Å². The van der Waals surface area contributed by atoms with E-state index < -0.39 is 5.91 Å². The summed E-state index contributed by atoms with van der Waals surface area (Å²) in [4.78, 5) is 23.0. The van der Waals surface area contributed by atoms with E-state index >= 15 is 0 Å². The third kappa shape index (κ3) is 5.60. The standard InChI is InChI=1S/C22H20N2O4/c23-22(26)17-6-10-19(11-7-17)28-15-21(25)24-18-8-12-20(13-9-18)27-14-16-4-2-1-3-5-16/h1-13H,14-15H2,(H2,23,26)(H,24,25). The number of rotatable bonds is 8. The largest absolute Gasteiger partial charge is 0.489 e. The summed E-state index contributed by atoms with van der Waals surface area (Å²) >= 11 is 0. The number of carbonyl (C=O) groups excluding carboxylic acids is 2. The summed E-state index contributed by atoms with van der Waals surface area (Å²) in [7, 11) is 0. The van der Waals surface area contributed by atoms with Crippen molar-refractivity contribution in [1.29, 1.82) is 0 Å². The number of ether oxygens (including phenoxy) is 2. The molecule has 0 fully saturated rings. The van der Waals surface area contributed by atoms with Crippen molar-refractivity contribution in [1.82, 2.24) is 0 Å². The molecule has 6 heteroatoms. The molecule has 0 saturated heterocycles. The average Bonchev–Trinajstić information content (AvgIpc) is 2.73. The van der Waals surface area contributed by atoms with E-state index in [0.717, 1.165) is 5.56 Å².